The molecule has 2 amide bonds. The Hall–Kier alpha value is -2.04. The molecule has 0 aromatic heterocycles. The highest BCUT2D eigenvalue weighted by molar-refractivity contribution is 5.86. The lowest BCUT2D eigenvalue weighted by Gasteiger charge is -2.24. The first-order valence-corrected chi connectivity index (χ1v) is 7.45. The molecule has 2 atom stereocenters. The molecule has 2 rings (SSSR count). The van der Waals surface area contributed by atoms with E-state index in [9.17, 15) is 9.59 Å². The van der Waals surface area contributed by atoms with Gasteiger partial charge in [0.05, 0.1) is 0 Å². The molecule has 2 unspecified atom stereocenters. The van der Waals surface area contributed by atoms with E-state index in [2.05, 4.69) is 5.32 Å². The van der Waals surface area contributed by atoms with Crippen LogP contribution in [0.3, 0.4) is 0 Å². The van der Waals surface area contributed by atoms with Crippen molar-refractivity contribution in [2.45, 2.75) is 45.2 Å². The molecule has 1 aromatic carbocycles. The molecule has 0 aliphatic carbocycles. The second kappa shape index (κ2) is 7.11. The van der Waals surface area contributed by atoms with E-state index in [1.165, 1.54) is 4.90 Å². The van der Waals surface area contributed by atoms with Crippen LogP contribution in [0.2, 0.25) is 0 Å². The molecule has 1 aromatic rings. The molecule has 114 valence electrons. The van der Waals surface area contributed by atoms with E-state index in [1.807, 2.05) is 19.9 Å². The summed E-state index contributed by atoms with van der Waals surface area (Å²) in [6.45, 7) is 4.53. The maximum absolute atomic E-state index is 12.2. The predicted octanol–water partition coefficient (Wildman–Crippen LogP) is 2.56. The summed E-state index contributed by atoms with van der Waals surface area (Å²) < 4.78 is 5.32. The number of hydrogen-bond donors (Lipinski definition) is 1. The van der Waals surface area contributed by atoms with Crippen LogP contribution in [0.15, 0.2) is 30.3 Å². The third kappa shape index (κ3) is 3.97. The van der Waals surface area contributed by atoms with Crippen molar-refractivity contribution in [2.24, 2.45) is 0 Å². The average molecular weight is 290 g/mol. The standard InChI is InChI=1S/C16H22N2O3/c1-3-12(2)17-15(19)14-10-7-11-18(14)16(20)21-13-8-5-4-6-9-13/h4-6,8-9,12,14H,3,7,10-11H2,1-2H3,(H,17,19). The van der Waals surface area contributed by atoms with E-state index in [0.29, 0.717) is 18.7 Å². The van der Waals surface area contributed by atoms with Gasteiger partial charge >= 0.3 is 6.09 Å². The van der Waals surface area contributed by atoms with Gasteiger partial charge in [-0.25, -0.2) is 4.79 Å². The number of para-hydroxylation sites is 1. The highest BCUT2D eigenvalue weighted by Crippen LogP contribution is 2.20. The molecule has 0 spiro atoms. The Morgan fingerprint density at radius 2 is 2.10 bits per heavy atom. The molecular formula is C16H22N2O3. The fraction of sp³-hybridized carbons (Fsp3) is 0.500. The minimum absolute atomic E-state index is 0.0909. The molecule has 0 saturated carbocycles. The Bertz CT molecular complexity index is 490. The fourth-order valence-electron chi connectivity index (χ4n) is 2.35. The first-order valence-electron chi connectivity index (χ1n) is 7.45. The van der Waals surface area contributed by atoms with Gasteiger partial charge in [-0.3, -0.25) is 9.69 Å². The number of nitrogens with one attached hydrogen (secondary N) is 1. The molecule has 5 heteroatoms. The average Bonchev–Trinajstić information content (AvgIpc) is 2.97. The lowest BCUT2D eigenvalue weighted by molar-refractivity contribution is -0.125. The van der Waals surface area contributed by atoms with Gasteiger partial charge in [0.1, 0.15) is 11.8 Å². The second-order valence-electron chi connectivity index (χ2n) is 5.35. The van der Waals surface area contributed by atoms with E-state index < -0.39 is 12.1 Å². The minimum Gasteiger partial charge on any atom is -0.410 e. The third-order valence-corrected chi connectivity index (χ3v) is 3.74. The van der Waals surface area contributed by atoms with Crippen LogP contribution in [-0.2, 0) is 4.79 Å². The number of ether oxygens (including phenoxy) is 1. The Morgan fingerprint density at radius 3 is 2.76 bits per heavy atom. The molecule has 1 N–H and O–H groups in total. The number of benzene rings is 1. The highest BCUT2D eigenvalue weighted by atomic mass is 16.6. The first kappa shape index (κ1) is 15.4. The third-order valence-electron chi connectivity index (χ3n) is 3.74. The van der Waals surface area contributed by atoms with E-state index in [4.69, 9.17) is 4.74 Å². The summed E-state index contributed by atoms with van der Waals surface area (Å²) in [7, 11) is 0. The van der Waals surface area contributed by atoms with Gasteiger partial charge in [0.15, 0.2) is 0 Å². The number of amides is 2. The first-order chi connectivity index (χ1) is 10.1. The van der Waals surface area contributed by atoms with Crippen molar-refractivity contribution in [3.05, 3.63) is 30.3 Å². The summed E-state index contributed by atoms with van der Waals surface area (Å²) in [4.78, 5) is 25.9. The van der Waals surface area contributed by atoms with Crippen LogP contribution >= 0.6 is 0 Å². The van der Waals surface area contributed by atoms with Gasteiger partial charge in [-0.2, -0.15) is 0 Å². The summed E-state index contributed by atoms with van der Waals surface area (Å²) in [6.07, 6.45) is 1.92. The summed E-state index contributed by atoms with van der Waals surface area (Å²) in [6, 6.07) is 8.61. The van der Waals surface area contributed by atoms with E-state index in [-0.39, 0.29) is 11.9 Å². The predicted molar refractivity (Wildman–Crippen MR) is 80.1 cm³/mol. The quantitative estimate of drug-likeness (QED) is 0.927. The monoisotopic (exact) mass is 290 g/mol. The lowest BCUT2D eigenvalue weighted by Crippen LogP contribution is -2.48. The van der Waals surface area contributed by atoms with Crippen molar-refractivity contribution in [1.29, 1.82) is 0 Å². The topological polar surface area (TPSA) is 58.6 Å². The maximum atomic E-state index is 12.2. The molecule has 1 saturated heterocycles. The Morgan fingerprint density at radius 1 is 1.38 bits per heavy atom. The van der Waals surface area contributed by atoms with Crippen molar-refractivity contribution in [1.82, 2.24) is 10.2 Å². The van der Waals surface area contributed by atoms with Gasteiger partial charge in [-0.15, -0.1) is 0 Å². The minimum atomic E-state index is -0.456. The SMILES string of the molecule is CCC(C)NC(=O)C1CCCN1C(=O)Oc1ccccc1. The molecular weight excluding hydrogens is 268 g/mol. The molecule has 0 radical (unpaired) electrons. The summed E-state index contributed by atoms with van der Waals surface area (Å²) in [5.41, 5.74) is 0. The van der Waals surface area contributed by atoms with Crippen molar-refractivity contribution in [2.75, 3.05) is 6.54 Å². The number of likely N-dealkylation sites (tertiary alicyclic amines) is 1. The molecule has 21 heavy (non-hydrogen) atoms. The van der Waals surface area contributed by atoms with Gasteiger partial charge in [0, 0.05) is 12.6 Å². The van der Waals surface area contributed by atoms with Crippen LogP contribution in [0.1, 0.15) is 33.1 Å². The zero-order chi connectivity index (χ0) is 15.2. The molecule has 5 nitrogen and oxygen atoms in total. The van der Waals surface area contributed by atoms with Crippen LogP contribution in [0.5, 0.6) is 5.75 Å². The molecule has 1 aliphatic rings. The van der Waals surface area contributed by atoms with Gasteiger partial charge < -0.3 is 10.1 Å². The van der Waals surface area contributed by atoms with Gasteiger partial charge in [0.2, 0.25) is 5.91 Å². The molecule has 1 fully saturated rings. The van der Waals surface area contributed by atoms with Crippen LogP contribution < -0.4 is 10.1 Å². The number of carbonyl (C=O) groups excluding carboxylic acids is 2. The van der Waals surface area contributed by atoms with Crippen molar-refractivity contribution in [3.63, 3.8) is 0 Å². The van der Waals surface area contributed by atoms with Crippen LogP contribution in [0.25, 0.3) is 0 Å². The number of hydrogen-bond acceptors (Lipinski definition) is 3. The molecule has 0 bridgehead atoms. The Labute approximate surface area is 125 Å². The Balaban J connectivity index is 1.97. The number of nitrogens with zero attached hydrogens (tertiary/aromatic N) is 1. The zero-order valence-electron chi connectivity index (χ0n) is 12.5. The number of rotatable bonds is 4. The van der Waals surface area contributed by atoms with Crippen LogP contribution in [-0.4, -0.2) is 35.5 Å². The van der Waals surface area contributed by atoms with Crippen LogP contribution in [0, 0.1) is 0 Å². The number of carbonyl (C=O) groups is 2. The van der Waals surface area contributed by atoms with Crippen LogP contribution in [0.4, 0.5) is 4.79 Å². The zero-order valence-corrected chi connectivity index (χ0v) is 12.5. The summed E-state index contributed by atoms with van der Waals surface area (Å²) in [5, 5.41) is 2.93. The second-order valence-corrected chi connectivity index (χ2v) is 5.35. The molecule has 1 aliphatic heterocycles. The maximum Gasteiger partial charge on any atom is 0.415 e. The largest absolute Gasteiger partial charge is 0.415 e. The van der Waals surface area contributed by atoms with Gasteiger partial charge in [-0.1, -0.05) is 25.1 Å². The molecule has 1 heterocycles. The Kier molecular flexibility index (Phi) is 5.20. The normalized spacial score (nSPS) is 19.1. The lowest BCUT2D eigenvalue weighted by atomic mass is 10.2. The van der Waals surface area contributed by atoms with E-state index >= 15 is 0 Å². The smallest absolute Gasteiger partial charge is 0.410 e. The summed E-state index contributed by atoms with van der Waals surface area (Å²) >= 11 is 0. The van der Waals surface area contributed by atoms with Crippen molar-refractivity contribution >= 4 is 12.0 Å². The highest BCUT2D eigenvalue weighted by Gasteiger charge is 2.35. The van der Waals surface area contributed by atoms with E-state index in [0.717, 1.165) is 12.8 Å². The van der Waals surface area contributed by atoms with E-state index in [1.54, 1.807) is 24.3 Å². The van der Waals surface area contributed by atoms with Gasteiger partial charge in [0.25, 0.3) is 0 Å². The summed E-state index contributed by atoms with van der Waals surface area (Å²) in [5.74, 6) is 0.405. The van der Waals surface area contributed by atoms with Crippen molar-refractivity contribution in [3.8, 4) is 5.75 Å². The fourth-order valence-corrected chi connectivity index (χ4v) is 2.35. The van der Waals surface area contributed by atoms with Gasteiger partial charge in [-0.05, 0) is 38.3 Å². The van der Waals surface area contributed by atoms with Crippen molar-refractivity contribution < 1.29 is 14.3 Å².